The number of para-hydroxylation sites is 1. The fourth-order valence-corrected chi connectivity index (χ4v) is 2.67. The molecule has 8 nitrogen and oxygen atoms in total. The van der Waals surface area contributed by atoms with Crippen molar-refractivity contribution in [1.82, 2.24) is 15.2 Å². The zero-order valence-corrected chi connectivity index (χ0v) is 13.3. The number of anilines is 3. The molecule has 8 heteroatoms. The van der Waals surface area contributed by atoms with Gasteiger partial charge in [-0.15, -0.1) is 10.2 Å². The second-order valence-electron chi connectivity index (χ2n) is 5.38. The Bertz CT molecular complexity index is 708. The van der Waals surface area contributed by atoms with E-state index < -0.39 is 0 Å². The highest BCUT2D eigenvalue weighted by molar-refractivity contribution is 5.54. The van der Waals surface area contributed by atoms with Gasteiger partial charge in [0.15, 0.2) is 5.82 Å². The number of nitriles is 1. The quantitative estimate of drug-likeness (QED) is 0.818. The first-order valence-electron chi connectivity index (χ1n) is 7.86. The van der Waals surface area contributed by atoms with E-state index in [-0.39, 0.29) is 12.3 Å². The van der Waals surface area contributed by atoms with Gasteiger partial charge in [-0.1, -0.05) is 18.2 Å². The predicted molar refractivity (Wildman–Crippen MR) is 91.0 cm³/mol. The van der Waals surface area contributed by atoms with Crippen molar-refractivity contribution < 1.29 is 5.11 Å². The Labute approximate surface area is 140 Å². The summed E-state index contributed by atoms with van der Waals surface area (Å²) in [5.74, 6) is 0.865. The Morgan fingerprint density at radius 1 is 1.08 bits per heavy atom. The maximum absolute atomic E-state index is 9.26. The lowest BCUT2D eigenvalue weighted by molar-refractivity contribution is 0.310. The van der Waals surface area contributed by atoms with E-state index in [1.807, 2.05) is 18.2 Å². The van der Waals surface area contributed by atoms with Crippen LogP contribution in [0.2, 0.25) is 0 Å². The molecule has 1 aromatic heterocycles. The molecule has 0 radical (unpaired) electrons. The lowest BCUT2D eigenvalue weighted by Crippen LogP contribution is -2.47. The number of piperazine rings is 1. The van der Waals surface area contributed by atoms with Crippen LogP contribution in [0.15, 0.2) is 30.3 Å². The van der Waals surface area contributed by atoms with Crippen LogP contribution in [-0.2, 0) is 0 Å². The number of aliphatic hydroxyl groups is 1. The fourth-order valence-electron chi connectivity index (χ4n) is 2.67. The van der Waals surface area contributed by atoms with Crippen molar-refractivity contribution in [1.29, 1.82) is 5.26 Å². The van der Waals surface area contributed by atoms with Gasteiger partial charge in [-0.25, -0.2) is 0 Å². The highest BCUT2D eigenvalue weighted by atomic mass is 16.3. The van der Waals surface area contributed by atoms with Gasteiger partial charge in [0.1, 0.15) is 6.07 Å². The van der Waals surface area contributed by atoms with Crippen LogP contribution in [0.4, 0.5) is 17.5 Å². The smallest absolute Gasteiger partial charge is 0.244 e. The van der Waals surface area contributed by atoms with Crippen LogP contribution in [0.5, 0.6) is 0 Å². The first-order valence-corrected chi connectivity index (χ1v) is 7.86. The van der Waals surface area contributed by atoms with Crippen LogP contribution in [0.1, 0.15) is 5.69 Å². The molecule has 1 fully saturated rings. The van der Waals surface area contributed by atoms with Gasteiger partial charge >= 0.3 is 0 Å². The van der Waals surface area contributed by atoms with E-state index in [1.54, 1.807) is 0 Å². The molecule has 0 atom stereocenters. The van der Waals surface area contributed by atoms with Gasteiger partial charge in [0, 0.05) is 38.4 Å². The van der Waals surface area contributed by atoms with Gasteiger partial charge in [-0.2, -0.15) is 10.2 Å². The van der Waals surface area contributed by atoms with Crippen molar-refractivity contribution in [3.8, 4) is 6.07 Å². The lowest BCUT2D eigenvalue weighted by Gasteiger charge is -2.36. The number of aromatic nitrogens is 3. The Kier molecular flexibility index (Phi) is 5.03. The molecule has 0 spiro atoms. The SMILES string of the molecule is N#Cc1nnc(NCCO)nc1N1CCN(c2ccccc2)CC1. The van der Waals surface area contributed by atoms with Gasteiger partial charge in [0.25, 0.3) is 0 Å². The number of rotatable bonds is 5. The van der Waals surface area contributed by atoms with Crippen LogP contribution >= 0.6 is 0 Å². The van der Waals surface area contributed by atoms with Crippen molar-refractivity contribution in [2.45, 2.75) is 0 Å². The normalized spacial score (nSPS) is 14.3. The van der Waals surface area contributed by atoms with Crippen LogP contribution in [0.3, 0.4) is 0 Å². The Balaban J connectivity index is 1.72. The van der Waals surface area contributed by atoms with Crippen LogP contribution < -0.4 is 15.1 Å². The molecular formula is C16H19N7O. The molecule has 0 aliphatic carbocycles. The Hall–Kier alpha value is -2.92. The molecule has 0 saturated carbocycles. The molecule has 0 amide bonds. The van der Waals surface area contributed by atoms with Crippen LogP contribution in [0.25, 0.3) is 0 Å². The minimum atomic E-state index is -0.0194. The molecule has 2 aromatic rings. The summed E-state index contributed by atoms with van der Waals surface area (Å²) in [6.45, 7) is 3.52. The summed E-state index contributed by atoms with van der Waals surface area (Å²) in [6, 6.07) is 12.3. The number of hydrogen-bond donors (Lipinski definition) is 2. The number of aliphatic hydroxyl groups excluding tert-OH is 1. The van der Waals surface area contributed by atoms with Gasteiger partial charge in [-0.3, -0.25) is 0 Å². The van der Waals surface area contributed by atoms with Gasteiger partial charge in [0.05, 0.1) is 6.61 Å². The molecule has 0 bridgehead atoms. The second kappa shape index (κ2) is 7.57. The molecule has 1 aliphatic heterocycles. The molecule has 1 aromatic carbocycles. The maximum Gasteiger partial charge on any atom is 0.244 e. The number of hydrogen-bond acceptors (Lipinski definition) is 8. The standard InChI is InChI=1S/C16H19N7O/c17-12-14-15(19-16(21-20-14)18-6-11-24)23-9-7-22(8-10-23)13-4-2-1-3-5-13/h1-5,24H,6-11H2,(H,18,19,21). The van der Waals surface area contributed by atoms with Crippen molar-refractivity contribution in [3.63, 3.8) is 0 Å². The average Bonchev–Trinajstić information content (AvgIpc) is 2.67. The molecule has 2 N–H and O–H groups in total. The summed E-state index contributed by atoms with van der Waals surface area (Å²) < 4.78 is 0. The largest absolute Gasteiger partial charge is 0.395 e. The third-order valence-corrected chi connectivity index (χ3v) is 3.87. The molecular weight excluding hydrogens is 306 g/mol. The van der Waals surface area contributed by atoms with Gasteiger partial charge in [0.2, 0.25) is 11.6 Å². The highest BCUT2D eigenvalue weighted by Crippen LogP contribution is 2.21. The van der Waals surface area contributed by atoms with E-state index in [0.717, 1.165) is 26.2 Å². The Morgan fingerprint density at radius 2 is 1.79 bits per heavy atom. The second-order valence-corrected chi connectivity index (χ2v) is 5.38. The third kappa shape index (κ3) is 3.52. The molecule has 1 aliphatic rings. The maximum atomic E-state index is 9.26. The molecule has 2 heterocycles. The molecule has 1 saturated heterocycles. The van der Waals surface area contributed by atoms with E-state index in [4.69, 9.17) is 5.11 Å². The summed E-state index contributed by atoms with van der Waals surface area (Å²) in [4.78, 5) is 8.75. The van der Waals surface area contributed by atoms with Crippen LogP contribution in [-0.4, -0.2) is 59.6 Å². The first kappa shape index (κ1) is 16.0. The monoisotopic (exact) mass is 325 g/mol. The minimum Gasteiger partial charge on any atom is -0.395 e. The molecule has 124 valence electrons. The summed E-state index contributed by atoms with van der Waals surface area (Å²) >= 11 is 0. The van der Waals surface area contributed by atoms with Gasteiger partial charge < -0.3 is 20.2 Å². The van der Waals surface area contributed by atoms with Crippen molar-refractivity contribution in [3.05, 3.63) is 36.0 Å². The van der Waals surface area contributed by atoms with E-state index in [9.17, 15) is 5.26 Å². The van der Waals surface area contributed by atoms with E-state index in [0.29, 0.717) is 18.3 Å². The topological polar surface area (TPSA) is 101 Å². The summed E-state index contributed by atoms with van der Waals surface area (Å²) in [6.07, 6.45) is 0. The summed E-state index contributed by atoms with van der Waals surface area (Å²) in [5, 5.41) is 28.8. The predicted octanol–water partition coefficient (Wildman–Crippen LogP) is 0.474. The van der Waals surface area contributed by atoms with E-state index in [1.165, 1.54) is 5.69 Å². The fraction of sp³-hybridized carbons (Fsp3) is 0.375. The Morgan fingerprint density at radius 3 is 2.46 bits per heavy atom. The number of nitrogens with one attached hydrogen (secondary N) is 1. The van der Waals surface area contributed by atoms with Crippen molar-refractivity contribution in [2.75, 3.05) is 54.4 Å². The number of nitrogens with zero attached hydrogens (tertiary/aromatic N) is 6. The third-order valence-electron chi connectivity index (χ3n) is 3.87. The van der Waals surface area contributed by atoms with E-state index in [2.05, 4.69) is 48.5 Å². The molecule has 24 heavy (non-hydrogen) atoms. The highest BCUT2D eigenvalue weighted by Gasteiger charge is 2.22. The lowest BCUT2D eigenvalue weighted by atomic mass is 10.2. The summed E-state index contributed by atoms with van der Waals surface area (Å²) in [5.41, 5.74) is 1.42. The summed E-state index contributed by atoms with van der Waals surface area (Å²) in [7, 11) is 0. The zero-order chi connectivity index (χ0) is 16.8. The van der Waals surface area contributed by atoms with E-state index >= 15 is 0 Å². The average molecular weight is 325 g/mol. The van der Waals surface area contributed by atoms with Gasteiger partial charge in [-0.05, 0) is 12.1 Å². The zero-order valence-electron chi connectivity index (χ0n) is 13.3. The minimum absolute atomic E-state index is 0.0194. The first-order chi connectivity index (χ1) is 11.8. The van der Waals surface area contributed by atoms with Crippen LogP contribution in [0, 0.1) is 11.3 Å². The molecule has 0 unspecified atom stereocenters. The van der Waals surface area contributed by atoms with Crippen molar-refractivity contribution in [2.24, 2.45) is 0 Å². The van der Waals surface area contributed by atoms with Crippen molar-refractivity contribution >= 4 is 17.5 Å². The number of benzene rings is 1. The molecule has 3 rings (SSSR count).